The van der Waals surface area contributed by atoms with E-state index in [2.05, 4.69) is 16.6 Å². The van der Waals surface area contributed by atoms with Crippen molar-refractivity contribution < 1.29 is 37.3 Å². The van der Waals surface area contributed by atoms with Crippen LogP contribution in [0.15, 0.2) is 53.4 Å². The summed E-state index contributed by atoms with van der Waals surface area (Å²) in [6, 6.07) is 11.4. The van der Waals surface area contributed by atoms with Crippen molar-refractivity contribution >= 4 is 22.0 Å². The van der Waals surface area contributed by atoms with Crippen molar-refractivity contribution in [1.29, 1.82) is 0 Å². The monoisotopic (exact) mass is 615 g/mol. The molecular formula is C31H41N3O8S. The maximum absolute atomic E-state index is 13.8. The van der Waals surface area contributed by atoms with Gasteiger partial charge in [0, 0.05) is 25.6 Å². The molecule has 1 aliphatic rings. The van der Waals surface area contributed by atoms with Gasteiger partial charge in [0.05, 0.1) is 17.0 Å². The zero-order valence-electron chi connectivity index (χ0n) is 25.2. The lowest BCUT2D eigenvalue weighted by atomic mass is 10.00. The van der Waals surface area contributed by atoms with Gasteiger partial charge in [-0.3, -0.25) is 4.79 Å². The van der Waals surface area contributed by atoms with Gasteiger partial charge >= 0.3 is 6.09 Å². The Morgan fingerprint density at radius 1 is 1.07 bits per heavy atom. The molecule has 0 saturated carbocycles. The summed E-state index contributed by atoms with van der Waals surface area (Å²) in [5.74, 6) is 2.43. The minimum absolute atomic E-state index is 0.00241. The van der Waals surface area contributed by atoms with Crippen LogP contribution in [0, 0.1) is 18.3 Å². The molecule has 11 nitrogen and oxygen atoms in total. The lowest BCUT2D eigenvalue weighted by Crippen LogP contribution is -2.56. The van der Waals surface area contributed by atoms with Crippen molar-refractivity contribution in [2.45, 2.75) is 76.1 Å². The van der Waals surface area contributed by atoms with Crippen LogP contribution in [0.25, 0.3) is 0 Å². The smallest absolute Gasteiger partial charge is 0.408 e. The van der Waals surface area contributed by atoms with Crippen molar-refractivity contribution in [1.82, 2.24) is 14.9 Å². The molecule has 0 aromatic heterocycles. The van der Waals surface area contributed by atoms with Gasteiger partial charge in [-0.25, -0.2) is 13.2 Å². The molecule has 0 spiro atoms. The third-order valence-corrected chi connectivity index (χ3v) is 8.19. The third kappa shape index (κ3) is 9.88. The zero-order chi connectivity index (χ0) is 31.8. The summed E-state index contributed by atoms with van der Waals surface area (Å²) >= 11 is 0. The summed E-state index contributed by atoms with van der Waals surface area (Å²) in [6.45, 7) is 8.60. The van der Waals surface area contributed by atoms with Crippen molar-refractivity contribution in [3.8, 4) is 23.8 Å². The molecule has 0 aliphatic carbocycles. The molecule has 0 fully saturated rings. The predicted octanol–water partition coefficient (Wildman–Crippen LogP) is 3.07. The Labute approximate surface area is 253 Å². The van der Waals surface area contributed by atoms with Gasteiger partial charge in [0.2, 0.25) is 22.7 Å². The van der Waals surface area contributed by atoms with Crippen LogP contribution in [0.2, 0.25) is 0 Å². The van der Waals surface area contributed by atoms with E-state index < -0.39 is 45.8 Å². The van der Waals surface area contributed by atoms with E-state index in [0.717, 1.165) is 5.56 Å². The maximum Gasteiger partial charge on any atom is 0.408 e. The average Bonchev–Trinajstić information content (AvgIpc) is 3.39. The van der Waals surface area contributed by atoms with Gasteiger partial charge in [-0.05, 0) is 50.8 Å². The quantitative estimate of drug-likeness (QED) is 0.292. The molecule has 0 unspecified atom stereocenters. The molecular weight excluding hydrogens is 574 g/mol. The first kappa shape index (κ1) is 33.7. The standard InChI is InChI=1S/C31H41N3O8S/c1-7-11-24(33-30(37)42-31(4,5)6)29(36)32-25(16-22-12-9-8-10-13-22)26(35)19-34(18-21(2)3)43(38,39)23-14-15-27-28(17-23)41-20-40-27/h1,8-10,12-15,17,21,24-26,35H,11,16,18-20H2,2-6H3,(H,32,36)(H,33,37)/t24-,25-,26+/m0/s1. The van der Waals surface area contributed by atoms with Crippen molar-refractivity contribution in [3.05, 3.63) is 54.1 Å². The molecule has 2 aromatic carbocycles. The Bertz CT molecular complexity index is 1400. The number of carbonyl (C=O) groups excluding carboxylic acids is 2. The molecule has 43 heavy (non-hydrogen) atoms. The first-order valence-corrected chi connectivity index (χ1v) is 15.5. The fourth-order valence-corrected chi connectivity index (χ4v) is 6.05. The fraction of sp³-hybridized carbons (Fsp3) is 0.484. The molecule has 2 amide bonds. The Balaban J connectivity index is 1.87. The number of nitrogens with one attached hydrogen (secondary N) is 2. The first-order chi connectivity index (χ1) is 20.2. The van der Waals surface area contributed by atoms with Crippen LogP contribution in [0.5, 0.6) is 11.5 Å². The van der Waals surface area contributed by atoms with Gasteiger partial charge in [-0.1, -0.05) is 44.2 Å². The van der Waals surface area contributed by atoms with Crippen molar-refractivity contribution in [2.75, 3.05) is 19.9 Å². The second-order valence-electron chi connectivity index (χ2n) is 11.7. The highest BCUT2D eigenvalue weighted by atomic mass is 32.2. The highest BCUT2D eigenvalue weighted by molar-refractivity contribution is 7.89. The topological polar surface area (TPSA) is 143 Å². The van der Waals surface area contributed by atoms with E-state index in [1.165, 1.54) is 22.5 Å². The van der Waals surface area contributed by atoms with E-state index >= 15 is 0 Å². The van der Waals surface area contributed by atoms with E-state index in [0.29, 0.717) is 11.5 Å². The molecule has 1 heterocycles. The number of hydrogen-bond acceptors (Lipinski definition) is 8. The predicted molar refractivity (Wildman–Crippen MR) is 161 cm³/mol. The van der Waals surface area contributed by atoms with Crippen LogP contribution < -0.4 is 20.1 Å². The molecule has 0 saturated heterocycles. The number of sulfonamides is 1. The Kier molecular flexibility index (Phi) is 11.4. The van der Waals surface area contributed by atoms with Crippen LogP contribution in [0.4, 0.5) is 4.79 Å². The number of alkyl carbamates (subject to hydrolysis) is 1. The summed E-state index contributed by atoms with van der Waals surface area (Å²) in [4.78, 5) is 25.8. The molecule has 12 heteroatoms. The number of ether oxygens (including phenoxy) is 3. The molecule has 234 valence electrons. The summed E-state index contributed by atoms with van der Waals surface area (Å²) in [7, 11) is -4.08. The largest absolute Gasteiger partial charge is 0.454 e. The van der Waals surface area contributed by atoms with Gasteiger partial charge in [0.1, 0.15) is 11.6 Å². The molecule has 0 bridgehead atoms. The van der Waals surface area contributed by atoms with Gasteiger partial charge in [0.25, 0.3) is 0 Å². The van der Waals surface area contributed by atoms with Crippen LogP contribution in [-0.4, -0.2) is 73.5 Å². The number of fused-ring (bicyclic) bond motifs is 1. The second-order valence-corrected chi connectivity index (χ2v) is 13.6. The number of rotatable bonds is 13. The lowest BCUT2D eigenvalue weighted by molar-refractivity contribution is -0.124. The van der Waals surface area contributed by atoms with E-state index in [4.69, 9.17) is 20.6 Å². The maximum atomic E-state index is 13.8. The molecule has 3 atom stereocenters. The Hall–Kier alpha value is -3.79. The van der Waals surface area contributed by atoms with E-state index in [1.807, 2.05) is 44.2 Å². The average molecular weight is 616 g/mol. The Morgan fingerprint density at radius 3 is 2.37 bits per heavy atom. The van der Waals surface area contributed by atoms with Crippen molar-refractivity contribution in [2.24, 2.45) is 5.92 Å². The van der Waals surface area contributed by atoms with Crippen molar-refractivity contribution in [3.63, 3.8) is 0 Å². The van der Waals surface area contributed by atoms with E-state index in [1.54, 1.807) is 20.8 Å². The summed E-state index contributed by atoms with van der Waals surface area (Å²) in [5, 5.41) is 16.8. The highest BCUT2D eigenvalue weighted by Gasteiger charge is 2.34. The number of terminal acetylenes is 1. The summed E-state index contributed by atoms with van der Waals surface area (Å²) in [6.07, 6.45) is 3.38. The normalized spacial score (nSPS) is 15.0. The van der Waals surface area contributed by atoms with E-state index in [-0.39, 0.29) is 43.5 Å². The minimum Gasteiger partial charge on any atom is -0.454 e. The first-order valence-electron chi connectivity index (χ1n) is 14.0. The number of amides is 2. The molecule has 2 aromatic rings. The molecule has 3 N–H and O–H groups in total. The number of hydrogen-bond donors (Lipinski definition) is 3. The molecule has 1 aliphatic heterocycles. The van der Waals surface area contributed by atoms with Crippen LogP contribution in [0.3, 0.4) is 0 Å². The van der Waals surface area contributed by atoms with Crippen LogP contribution >= 0.6 is 0 Å². The number of benzene rings is 2. The van der Waals surface area contributed by atoms with Gasteiger partial charge in [-0.2, -0.15) is 4.31 Å². The van der Waals surface area contributed by atoms with Gasteiger partial charge in [0.15, 0.2) is 11.5 Å². The molecule has 3 rings (SSSR count). The Morgan fingerprint density at radius 2 is 1.74 bits per heavy atom. The number of carbonyl (C=O) groups is 2. The number of aliphatic hydroxyl groups is 1. The second kappa shape index (κ2) is 14.6. The molecule has 0 radical (unpaired) electrons. The number of nitrogens with zero attached hydrogens (tertiary/aromatic N) is 1. The van der Waals surface area contributed by atoms with Crippen LogP contribution in [-0.2, 0) is 26.0 Å². The zero-order valence-corrected chi connectivity index (χ0v) is 26.0. The van der Waals surface area contributed by atoms with E-state index in [9.17, 15) is 23.1 Å². The minimum atomic E-state index is -4.08. The third-order valence-electron chi connectivity index (χ3n) is 6.36. The lowest BCUT2D eigenvalue weighted by Gasteiger charge is -2.31. The number of aliphatic hydroxyl groups excluding tert-OH is 1. The van der Waals surface area contributed by atoms with Crippen LogP contribution in [0.1, 0.15) is 46.6 Å². The summed E-state index contributed by atoms with van der Waals surface area (Å²) in [5.41, 5.74) is 0.00545. The fourth-order valence-electron chi connectivity index (χ4n) is 4.41. The highest BCUT2D eigenvalue weighted by Crippen LogP contribution is 2.35. The SMILES string of the molecule is C#CC[C@H](NC(=O)OC(C)(C)C)C(=O)N[C@@H](Cc1ccccc1)[C@H](O)CN(CC(C)C)S(=O)(=O)c1ccc2c(c1)OCO2. The van der Waals surface area contributed by atoms with Gasteiger partial charge < -0.3 is 30.0 Å². The summed E-state index contributed by atoms with van der Waals surface area (Å²) < 4.78 is 44.7. The van der Waals surface area contributed by atoms with Gasteiger partial charge in [-0.15, -0.1) is 12.3 Å².